The molecule has 86 valence electrons. The average Bonchev–Trinajstić information content (AvgIpc) is 2.91. The summed E-state index contributed by atoms with van der Waals surface area (Å²) in [6, 6.07) is 7.74. The Hall–Kier alpha value is -1.53. The van der Waals surface area contributed by atoms with E-state index >= 15 is 0 Å². The number of thioether (sulfide) groups is 1. The quantitative estimate of drug-likeness (QED) is 0.735. The lowest BCUT2D eigenvalue weighted by atomic mass is 10.3. The van der Waals surface area contributed by atoms with Gasteiger partial charge in [-0.2, -0.15) is 0 Å². The van der Waals surface area contributed by atoms with E-state index in [9.17, 15) is 0 Å². The zero-order valence-electron chi connectivity index (χ0n) is 8.79. The maximum Gasteiger partial charge on any atom is 0.257 e. The molecule has 0 bridgehead atoms. The Morgan fingerprint density at radius 1 is 1.35 bits per heavy atom. The number of nitrogens with two attached hydrogens (primary N) is 1. The SMILES string of the molecule is Nc1ncc(CSc2nc3ccccc3o2)s1. The van der Waals surface area contributed by atoms with Crippen LogP contribution in [0, 0.1) is 0 Å². The van der Waals surface area contributed by atoms with E-state index in [1.54, 1.807) is 18.0 Å². The summed E-state index contributed by atoms with van der Waals surface area (Å²) in [5.74, 6) is 0.779. The van der Waals surface area contributed by atoms with Crippen molar-refractivity contribution in [2.24, 2.45) is 0 Å². The number of oxazole rings is 1. The lowest BCUT2D eigenvalue weighted by molar-refractivity contribution is 0.489. The van der Waals surface area contributed by atoms with Crippen LogP contribution >= 0.6 is 23.1 Å². The standard InChI is InChI=1S/C11H9N3OS2/c12-10-13-5-7(17-10)6-16-11-14-8-3-1-2-4-9(8)15-11/h1-5H,6H2,(H2,12,13). The van der Waals surface area contributed by atoms with Crippen LogP contribution in [0.2, 0.25) is 0 Å². The highest BCUT2D eigenvalue weighted by Gasteiger charge is 2.07. The van der Waals surface area contributed by atoms with Crippen LogP contribution in [0.3, 0.4) is 0 Å². The van der Waals surface area contributed by atoms with Crippen LogP contribution in [0.25, 0.3) is 11.1 Å². The summed E-state index contributed by atoms with van der Waals surface area (Å²) in [5, 5.41) is 1.27. The van der Waals surface area contributed by atoms with Crippen molar-refractivity contribution in [1.29, 1.82) is 0 Å². The number of hydrogen-bond acceptors (Lipinski definition) is 6. The summed E-state index contributed by atoms with van der Waals surface area (Å²) in [7, 11) is 0. The zero-order valence-corrected chi connectivity index (χ0v) is 10.4. The summed E-state index contributed by atoms with van der Waals surface area (Å²) < 4.78 is 5.60. The normalized spacial score (nSPS) is 11.1. The first-order valence-corrected chi connectivity index (χ1v) is 6.80. The maximum absolute atomic E-state index is 5.60. The third kappa shape index (κ3) is 2.27. The van der Waals surface area contributed by atoms with Crippen molar-refractivity contribution in [1.82, 2.24) is 9.97 Å². The van der Waals surface area contributed by atoms with Gasteiger partial charge in [-0.15, -0.1) is 11.3 Å². The van der Waals surface area contributed by atoms with Crippen molar-refractivity contribution in [2.75, 3.05) is 5.73 Å². The fourth-order valence-electron chi connectivity index (χ4n) is 1.44. The molecule has 0 aliphatic carbocycles. The van der Waals surface area contributed by atoms with Gasteiger partial charge in [0.25, 0.3) is 5.22 Å². The van der Waals surface area contributed by atoms with Crippen molar-refractivity contribution >= 4 is 39.3 Å². The molecule has 0 atom stereocenters. The van der Waals surface area contributed by atoms with E-state index in [4.69, 9.17) is 10.2 Å². The number of nitrogens with zero attached hydrogens (tertiary/aromatic N) is 2. The zero-order chi connectivity index (χ0) is 11.7. The van der Waals surface area contributed by atoms with Gasteiger partial charge in [0.2, 0.25) is 0 Å². The number of aromatic nitrogens is 2. The fraction of sp³-hybridized carbons (Fsp3) is 0.0909. The minimum Gasteiger partial charge on any atom is -0.431 e. The van der Waals surface area contributed by atoms with Crippen molar-refractivity contribution in [2.45, 2.75) is 11.0 Å². The first-order valence-electron chi connectivity index (χ1n) is 5.00. The van der Waals surface area contributed by atoms with Crippen molar-refractivity contribution in [3.63, 3.8) is 0 Å². The molecule has 0 radical (unpaired) electrons. The number of rotatable bonds is 3. The molecule has 3 aromatic rings. The molecule has 17 heavy (non-hydrogen) atoms. The molecule has 2 aromatic heterocycles. The second-order valence-corrected chi connectivity index (χ2v) is 5.47. The lowest BCUT2D eigenvalue weighted by Crippen LogP contribution is -1.77. The molecule has 2 N–H and O–H groups in total. The molecule has 1 aromatic carbocycles. The van der Waals surface area contributed by atoms with Gasteiger partial charge in [0.15, 0.2) is 10.7 Å². The molecule has 0 spiro atoms. The Morgan fingerprint density at radius 3 is 3.00 bits per heavy atom. The van der Waals surface area contributed by atoms with Gasteiger partial charge >= 0.3 is 0 Å². The molecule has 0 fully saturated rings. The summed E-state index contributed by atoms with van der Waals surface area (Å²) >= 11 is 3.04. The van der Waals surface area contributed by atoms with E-state index < -0.39 is 0 Å². The van der Waals surface area contributed by atoms with Crippen LogP contribution < -0.4 is 5.73 Å². The van der Waals surface area contributed by atoms with Crippen LogP contribution in [0.4, 0.5) is 5.13 Å². The third-order valence-electron chi connectivity index (χ3n) is 2.18. The number of benzene rings is 1. The van der Waals surface area contributed by atoms with E-state index in [-0.39, 0.29) is 0 Å². The van der Waals surface area contributed by atoms with E-state index in [2.05, 4.69) is 9.97 Å². The number of anilines is 1. The van der Waals surface area contributed by atoms with Crippen LogP contribution in [-0.2, 0) is 5.75 Å². The molecule has 0 amide bonds. The lowest BCUT2D eigenvalue weighted by Gasteiger charge is -1.91. The maximum atomic E-state index is 5.60. The molecule has 0 saturated heterocycles. The molecule has 0 saturated carbocycles. The van der Waals surface area contributed by atoms with Crippen molar-refractivity contribution < 1.29 is 4.42 Å². The number of hydrogen-bond donors (Lipinski definition) is 1. The molecule has 6 heteroatoms. The van der Waals surface area contributed by atoms with E-state index in [0.717, 1.165) is 21.7 Å². The Bertz CT molecular complexity index is 614. The Kier molecular flexibility index (Phi) is 2.74. The van der Waals surface area contributed by atoms with E-state index in [1.165, 1.54) is 11.3 Å². The number of fused-ring (bicyclic) bond motifs is 1. The predicted molar refractivity (Wildman–Crippen MR) is 70.1 cm³/mol. The van der Waals surface area contributed by atoms with Crippen molar-refractivity contribution in [3.8, 4) is 0 Å². The molecule has 0 aliphatic rings. The summed E-state index contributed by atoms with van der Waals surface area (Å²) in [6.07, 6.45) is 1.79. The number of para-hydroxylation sites is 2. The molecular weight excluding hydrogens is 254 g/mol. The Balaban J connectivity index is 1.76. The van der Waals surface area contributed by atoms with Crippen LogP contribution in [0.5, 0.6) is 0 Å². The van der Waals surface area contributed by atoms with E-state index in [1.807, 2.05) is 24.3 Å². The van der Waals surface area contributed by atoms with Gasteiger partial charge in [0.1, 0.15) is 5.52 Å². The number of thiazole rings is 1. The summed E-state index contributed by atoms with van der Waals surface area (Å²) in [6.45, 7) is 0. The van der Waals surface area contributed by atoms with Crippen molar-refractivity contribution in [3.05, 3.63) is 35.3 Å². The molecule has 2 heterocycles. The second kappa shape index (κ2) is 4.38. The molecular formula is C11H9N3OS2. The minimum atomic E-state index is 0.596. The average molecular weight is 263 g/mol. The highest BCUT2D eigenvalue weighted by Crippen LogP contribution is 2.28. The Morgan fingerprint density at radius 2 is 2.24 bits per heavy atom. The Labute approximate surface area is 106 Å². The fourth-order valence-corrected chi connectivity index (χ4v) is 2.98. The first-order chi connectivity index (χ1) is 8.31. The van der Waals surface area contributed by atoms with Gasteiger partial charge < -0.3 is 10.2 Å². The van der Waals surface area contributed by atoms with Gasteiger partial charge in [0, 0.05) is 16.8 Å². The monoisotopic (exact) mass is 263 g/mol. The largest absolute Gasteiger partial charge is 0.431 e. The molecule has 4 nitrogen and oxygen atoms in total. The minimum absolute atomic E-state index is 0.596. The summed E-state index contributed by atoms with van der Waals surface area (Å²) in [4.78, 5) is 9.51. The van der Waals surface area contributed by atoms with Crippen LogP contribution in [0.15, 0.2) is 40.1 Å². The topological polar surface area (TPSA) is 64.9 Å². The van der Waals surface area contributed by atoms with E-state index in [0.29, 0.717) is 10.4 Å². The van der Waals surface area contributed by atoms with Crippen LogP contribution in [0.1, 0.15) is 4.88 Å². The third-order valence-corrected chi connectivity index (χ3v) is 4.07. The molecule has 0 aliphatic heterocycles. The first kappa shape index (κ1) is 10.6. The van der Waals surface area contributed by atoms with Gasteiger partial charge in [-0.3, -0.25) is 0 Å². The second-order valence-electron chi connectivity index (χ2n) is 3.40. The highest BCUT2D eigenvalue weighted by molar-refractivity contribution is 7.98. The van der Waals surface area contributed by atoms with Gasteiger partial charge in [-0.1, -0.05) is 23.9 Å². The predicted octanol–water partition coefficient (Wildman–Crippen LogP) is 3.16. The molecule has 3 rings (SSSR count). The van der Waals surface area contributed by atoms with Crippen LogP contribution in [-0.4, -0.2) is 9.97 Å². The van der Waals surface area contributed by atoms with Gasteiger partial charge in [-0.25, -0.2) is 9.97 Å². The summed E-state index contributed by atoms with van der Waals surface area (Å²) in [5.41, 5.74) is 7.27. The smallest absolute Gasteiger partial charge is 0.257 e. The molecule has 0 unspecified atom stereocenters. The van der Waals surface area contributed by atoms with Gasteiger partial charge in [0.05, 0.1) is 0 Å². The highest BCUT2D eigenvalue weighted by atomic mass is 32.2. The van der Waals surface area contributed by atoms with Gasteiger partial charge in [-0.05, 0) is 12.1 Å². The number of nitrogen functional groups attached to an aromatic ring is 1.